The van der Waals surface area contributed by atoms with Crippen molar-refractivity contribution in [3.63, 3.8) is 0 Å². The number of fused-ring (bicyclic) bond motifs is 2. The number of anilines is 2. The van der Waals surface area contributed by atoms with E-state index in [1.165, 1.54) is 5.56 Å². The van der Waals surface area contributed by atoms with E-state index in [0.29, 0.717) is 37.2 Å². The molecule has 150 valence electrons. The van der Waals surface area contributed by atoms with E-state index in [0.717, 1.165) is 28.0 Å². The van der Waals surface area contributed by atoms with E-state index < -0.39 is 9.84 Å². The summed E-state index contributed by atoms with van der Waals surface area (Å²) in [5.41, 5.74) is 3.91. The molecule has 7 heteroatoms. The van der Waals surface area contributed by atoms with E-state index in [2.05, 4.69) is 29.3 Å². The number of hydrogen-bond donors (Lipinski definition) is 1. The molecule has 1 aromatic heterocycles. The Morgan fingerprint density at radius 3 is 2.76 bits per heavy atom. The second kappa shape index (κ2) is 7.00. The normalized spacial score (nSPS) is 18.7. The van der Waals surface area contributed by atoms with Gasteiger partial charge in [0.15, 0.2) is 9.84 Å². The molecular weight excluding hydrogens is 386 g/mol. The van der Waals surface area contributed by atoms with Gasteiger partial charge in [-0.05, 0) is 30.7 Å². The average Bonchev–Trinajstić information content (AvgIpc) is 2.81. The molecule has 1 saturated heterocycles. The Morgan fingerprint density at radius 1 is 1.14 bits per heavy atom. The summed E-state index contributed by atoms with van der Waals surface area (Å²) in [5.74, 6) is 0.868. The molecule has 5 rings (SSSR count). The second-order valence-corrected chi connectivity index (χ2v) is 9.85. The summed E-state index contributed by atoms with van der Waals surface area (Å²) < 4.78 is 30.7. The molecule has 3 heterocycles. The van der Waals surface area contributed by atoms with Crippen LogP contribution in [0.3, 0.4) is 0 Å². The number of nitrogens with zero attached hydrogens (tertiary/aromatic N) is 2. The minimum absolute atomic E-state index is 0.0802. The van der Waals surface area contributed by atoms with Crippen LogP contribution in [0.1, 0.15) is 11.1 Å². The second-order valence-electron chi connectivity index (χ2n) is 7.78. The molecule has 1 fully saturated rings. The Balaban J connectivity index is 1.58. The van der Waals surface area contributed by atoms with Gasteiger partial charge in [-0.3, -0.25) is 0 Å². The Morgan fingerprint density at radius 2 is 1.97 bits per heavy atom. The Hall–Kier alpha value is -2.64. The summed E-state index contributed by atoms with van der Waals surface area (Å²) in [7, 11) is -3.29. The number of ether oxygens (including phenoxy) is 1. The quantitative estimate of drug-likeness (QED) is 0.717. The predicted octanol–water partition coefficient (Wildman–Crippen LogP) is 3.15. The average molecular weight is 410 g/mol. The van der Waals surface area contributed by atoms with Crippen LogP contribution in [0.4, 0.5) is 11.5 Å². The number of benzene rings is 2. The summed E-state index contributed by atoms with van der Waals surface area (Å²) in [6.45, 7) is 4.39. The summed E-state index contributed by atoms with van der Waals surface area (Å²) in [6.07, 6.45) is 0. The number of aromatic nitrogens is 1. The van der Waals surface area contributed by atoms with Gasteiger partial charge in [-0.1, -0.05) is 29.8 Å². The monoisotopic (exact) mass is 409 g/mol. The maximum Gasteiger partial charge on any atom is 0.180 e. The Bertz CT molecular complexity index is 1190. The third-order valence-corrected chi connectivity index (χ3v) is 7.36. The van der Waals surface area contributed by atoms with Crippen LogP contribution in [0.25, 0.3) is 10.9 Å². The van der Waals surface area contributed by atoms with Crippen molar-refractivity contribution >= 4 is 32.2 Å². The molecule has 0 saturated carbocycles. The van der Waals surface area contributed by atoms with Gasteiger partial charge in [0.1, 0.15) is 5.82 Å². The molecule has 0 unspecified atom stereocenters. The molecule has 29 heavy (non-hydrogen) atoms. The molecule has 0 atom stereocenters. The molecule has 2 aliphatic rings. The van der Waals surface area contributed by atoms with Gasteiger partial charge < -0.3 is 15.0 Å². The minimum Gasteiger partial charge on any atom is -0.377 e. The zero-order valence-corrected chi connectivity index (χ0v) is 17.1. The van der Waals surface area contributed by atoms with Crippen molar-refractivity contribution in [3.05, 3.63) is 59.7 Å². The molecule has 0 amide bonds. The minimum atomic E-state index is -3.29. The Labute approximate surface area is 170 Å². The standard InChI is InChI=1S/C22H23N3O3S/c1-15-6-7-19-18(10-15)20(23-17-13-28-14-17)11-22(24-19)25-8-9-29(26,27)21-5-3-2-4-16(21)12-25/h2-7,10-11,17H,8-9,12-14H2,1H3,(H,23,24). The van der Waals surface area contributed by atoms with Crippen LogP contribution in [0.5, 0.6) is 0 Å². The van der Waals surface area contributed by atoms with Crippen molar-refractivity contribution in [2.75, 3.05) is 35.7 Å². The van der Waals surface area contributed by atoms with Crippen LogP contribution in [-0.2, 0) is 21.1 Å². The third kappa shape index (κ3) is 3.45. The first-order valence-electron chi connectivity index (χ1n) is 9.81. The Kier molecular flexibility index (Phi) is 4.44. The van der Waals surface area contributed by atoms with Crippen molar-refractivity contribution in [1.29, 1.82) is 0 Å². The molecule has 0 bridgehead atoms. The van der Waals surface area contributed by atoms with E-state index in [1.807, 2.05) is 24.3 Å². The van der Waals surface area contributed by atoms with Crippen LogP contribution >= 0.6 is 0 Å². The number of nitrogens with one attached hydrogen (secondary N) is 1. The lowest BCUT2D eigenvalue weighted by Crippen LogP contribution is -2.40. The van der Waals surface area contributed by atoms with Gasteiger partial charge in [0, 0.05) is 30.2 Å². The van der Waals surface area contributed by atoms with Crippen molar-refractivity contribution in [2.24, 2.45) is 0 Å². The molecule has 6 nitrogen and oxygen atoms in total. The first kappa shape index (κ1) is 18.4. The van der Waals surface area contributed by atoms with E-state index >= 15 is 0 Å². The highest BCUT2D eigenvalue weighted by Crippen LogP contribution is 2.32. The smallest absolute Gasteiger partial charge is 0.180 e. The highest BCUT2D eigenvalue weighted by molar-refractivity contribution is 7.91. The largest absolute Gasteiger partial charge is 0.377 e. The first-order valence-corrected chi connectivity index (χ1v) is 11.5. The zero-order chi connectivity index (χ0) is 20.0. The SMILES string of the molecule is Cc1ccc2nc(N3CCS(=O)(=O)c4ccccc4C3)cc(NC3COC3)c2c1. The zero-order valence-electron chi connectivity index (χ0n) is 16.3. The lowest BCUT2D eigenvalue weighted by molar-refractivity contribution is 0.0211. The molecule has 0 spiro atoms. The number of sulfone groups is 1. The van der Waals surface area contributed by atoms with Gasteiger partial charge in [-0.25, -0.2) is 13.4 Å². The van der Waals surface area contributed by atoms with Crippen LogP contribution in [0.2, 0.25) is 0 Å². The van der Waals surface area contributed by atoms with Crippen LogP contribution < -0.4 is 10.2 Å². The fourth-order valence-corrected chi connectivity index (χ4v) is 5.40. The number of pyridine rings is 1. The topological polar surface area (TPSA) is 71.5 Å². The third-order valence-electron chi connectivity index (χ3n) is 5.57. The lowest BCUT2D eigenvalue weighted by atomic mass is 10.1. The summed E-state index contributed by atoms with van der Waals surface area (Å²) in [4.78, 5) is 7.37. The van der Waals surface area contributed by atoms with Gasteiger partial charge in [-0.15, -0.1) is 0 Å². The van der Waals surface area contributed by atoms with E-state index in [1.54, 1.807) is 12.1 Å². The van der Waals surface area contributed by atoms with Gasteiger partial charge in [0.05, 0.1) is 35.4 Å². The number of rotatable bonds is 3. The lowest BCUT2D eigenvalue weighted by Gasteiger charge is -2.29. The fourth-order valence-electron chi connectivity index (χ4n) is 3.90. The first-order chi connectivity index (χ1) is 14.0. The molecule has 1 N–H and O–H groups in total. The maximum absolute atomic E-state index is 12.7. The van der Waals surface area contributed by atoms with Gasteiger partial charge in [0.2, 0.25) is 0 Å². The van der Waals surface area contributed by atoms with Gasteiger partial charge in [0.25, 0.3) is 0 Å². The molecular formula is C22H23N3O3S. The van der Waals surface area contributed by atoms with E-state index in [4.69, 9.17) is 9.72 Å². The molecule has 0 radical (unpaired) electrons. The van der Waals surface area contributed by atoms with Crippen molar-refractivity contribution in [2.45, 2.75) is 24.4 Å². The van der Waals surface area contributed by atoms with Gasteiger partial charge >= 0.3 is 0 Å². The van der Waals surface area contributed by atoms with Gasteiger partial charge in [-0.2, -0.15) is 0 Å². The van der Waals surface area contributed by atoms with Crippen LogP contribution in [0.15, 0.2) is 53.4 Å². The van der Waals surface area contributed by atoms with E-state index in [-0.39, 0.29) is 5.75 Å². The van der Waals surface area contributed by atoms with Crippen LogP contribution in [-0.4, -0.2) is 45.0 Å². The van der Waals surface area contributed by atoms with Crippen LogP contribution in [0, 0.1) is 6.92 Å². The highest BCUT2D eigenvalue weighted by Gasteiger charge is 2.26. The summed E-state index contributed by atoms with van der Waals surface area (Å²) in [6, 6.07) is 15.8. The predicted molar refractivity (Wildman–Crippen MR) is 114 cm³/mol. The summed E-state index contributed by atoms with van der Waals surface area (Å²) >= 11 is 0. The number of aryl methyl sites for hydroxylation is 1. The highest BCUT2D eigenvalue weighted by atomic mass is 32.2. The summed E-state index contributed by atoms with van der Waals surface area (Å²) in [5, 5.41) is 4.64. The van der Waals surface area contributed by atoms with Crippen molar-refractivity contribution in [1.82, 2.24) is 4.98 Å². The van der Waals surface area contributed by atoms with E-state index in [9.17, 15) is 8.42 Å². The van der Waals surface area contributed by atoms with Crippen molar-refractivity contribution in [3.8, 4) is 0 Å². The molecule has 2 aliphatic heterocycles. The molecule has 3 aromatic rings. The molecule has 0 aliphatic carbocycles. The van der Waals surface area contributed by atoms with Crippen molar-refractivity contribution < 1.29 is 13.2 Å². The number of hydrogen-bond acceptors (Lipinski definition) is 6. The maximum atomic E-state index is 12.7. The fraction of sp³-hybridized carbons (Fsp3) is 0.318. The molecule has 2 aromatic carbocycles.